The van der Waals surface area contributed by atoms with Gasteiger partial charge in [-0.1, -0.05) is 6.58 Å². The Balaban J connectivity index is 1.48. The van der Waals surface area contributed by atoms with E-state index in [2.05, 4.69) is 24.6 Å². The van der Waals surface area contributed by atoms with Crippen molar-refractivity contribution in [3.8, 4) is 39.4 Å². The zero-order valence-electron chi connectivity index (χ0n) is 26.2. The third-order valence-corrected chi connectivity index (χ3v) is 9.66. The number of benzene rings is 1. The summed E-state index contributed by atoms with van der Waals surface area (Å²) < 4.78 is 42.6. The quantitative estimate of drug-likeness (QED) is 0.141. The number of hydrogen-bond donors (Lipinski definition) is 0. The third kappa shape index (κ3) is 5.90. The molecule has 6 heterocycles. The van der Waals surface area contributed by atoms with E-state index in [-0.39, 0.29) is 30.4 Å². The molecule has 0 aliphatic carbocycles. The SMILES string of the molecule is C=CC(=O)N1CCc2ncc(-c3nc(-c4cnc5c(c4)CN(C)CC5)c4ccsc4c3-c3c(F)cc(F)cc3OCCOC)cc2C1. The molecule has 1 amide bonds. The first kappa shape index (κ1) is 31.0. The molecule has 2 aliphatic heterocycles. The topological polar surface area (TPSA) is 80.7 Å². The number of carbonyl (C=O) groups is 1. The highest BCUT2D eigenvalue weighted by atomic mass is 32.1. The van der Waals surface area contributed by atoms with Crippen molar-refractivity contribution in [1.29, 1.82) is 0 Å². The number of nitrogens with zero attached hydrogens (tertiary/aromatic N) is 5. The lowest BCUT2D eigenvalue weighted by molar-refractivity contribution is -0.126. The van der Waals surface area contributed by atoms with E-state index >= 15 is 4.39 Å². The highest BCUT2D eigenvalue weighted by molar-refractivity contribution is 7.18. The lowest BCUT2D eigenvalue weighted by Gasteiger charge is -2.28. The van der Waals surface area contributed by atoms with Gasteiger partial charge in [0, 0.05) is 109 Å². The number of amides is 1. The Morgan fingerprint density at radius 1 is 0.979 bits per heavy atom. The number of methoxy groups -OCH3 is 1. The van der Waals surface area contributed by atoms with Crippen LogP contribution in [-0.2, 0) is 35.5 Å². The summed E-state index contributed by atoms with van der Waals surface area (Å²) in [5, 5.41) is 2.76. The van der Waals surface area contributed by atoms with E-state index in [9.17, 15) is 9.18 Å². The Bertz CT molecular complexity index is 2030. The number of pyridine rings is 3. The third-order valence-electron chi connectivity index (χ3n) is 8.72. The molecule has 47 heavy (non-hydrogen) atoms. The van der Waals surface area contributed by atoms with Crippen LogP contribution in [-0.4, -0.2) is 71.1 Å². The molecule has 5 aromatic rings. The van der Waals surface area contributed by atoms with Crippen LogP contribution in [0.15, 0.2) is 60.8 Å². The second kappa shape index (κ2) is 12.9. The number of rotatable bonds is 8. The molecule has 1 aromatic carbocycles. The van der Waals surface area contributed by atoms with E-state index in [0.29, 0.717) is 42.0 Å². The van der Waals surface area contributed by atoms with Crippen molar-refractivity contribution in [3.05, 3.63) is 94.9 Å². The smallest absolute Gasteiger partial charge is 0.246 e. The van der Waals surface area contributed by atoms with Crippen molar-refractivity contribution in [2.24, 2.45) is 0 Å². The van der Waals surface area contributed by atoms with E-state index in [1.54, 1.807) is 11.1 Å². The van der Waals surface area contributed by atoms with Gasteiger partial charge in [-0.15, -0.1) is 11.3 Å². The molecule has 0 atom stereocenters. The van der Waals surface area contributed by atoms with Crippen molar-refractivity contribution in [2.75, 3.05) is 40.5 Å². The fourth-order valence-corrected chi connectivity index (χ4v) is 7.35. The van der Waals surface area contributed by atoms with Crippen LogP contribution in [0.2, 0.25) is 0 Å². The van der Waals surface area contributed by atoms with Crippen molar-refractivity contribution in [3.63, 3.8) is 0 Å². The number of carbonyl (C=O) groups excluding carboxylic acids is 1. The van der Waals surface area contributed by atoms with Crippen molar-refractivity contribution >= 4 is 27.3 Å². The summed E-state index contributed by atoms with van der Waals surface area (Å²) in [5.41, 5.74) is 7.23. The fourth-order valence-electron chi connectivity index (χ4n) is 6.40. The van der Waals surface area contributed by atoms with Crippen LogP contribution in [0.5, 0.6) is 5.75 Å². The molecule has 0 N–H and O–H groups in total. The normalized spacial score (nSPS) is 14.6. The van der Waals surface area contributed by atoms with Crippen LogP contribution in [0.3, 0.4) is 0 Å². The molecule has 11 heteroatoms. The van der Waals surface area contributed by atoms with Gasteiger partial charge in [-0.2, -0.15) is 0 Å². The standard InChI is InChI=1S/C36H33F2N5O3S/c1-4-31(44)43-9-6-29-24(20-43)14-22(18-40-29)35-33(32-27(38)15-25(37)16-30(32)46-11-10-45-3)36-26(7-12-47-36)34(41-35)21-13-23-19-42(2)8-5-28(23)39-17-21/h4,7,12-18H,1,5-6,8-11,19-20H2,2-3H3. The minimum absolute atomic E-state index is 0.0530. The molecular formula is C36H33F2N5O3S. The average Bonchev–Trinajstić information content (AvgIpc) is 3.57. The predicted molar refractivity (Wildman–Crippen MR) is 178 cm³/mol. The van der Waals surface area contributed by atoms with Crippen LogP contribution in [0, 0.1) is 11.6 Å². The molecule has 0 bridgehead atoms. The molecule has 0 saturated carbocycles. The molecular weight excluding hydrogens is 620 g/mol. The molecule has 0 fully saturated rings. The van der Waals surface area contributed by atoms with Crippen LogP contribution < -0.4 is 4.74 Å². The Hall–Kier alpha value is -4.58. The van der Waals surface area contributed by atoms with Crippen LogP contribution in [0.25, 0.3) is 43.7 Å². The highest BCUT2D eigenvalue weighted by Crippen LogP contribution is 2.47. The van der Waals surface area contributed by atoms with Gasteiger partial charge in [0.2, 0.25) is 5.91 Å². The van der Waals surface area contributed by atoms with Crippen LogP contribution in [0.4, 0.5) is 8.78 Å². The molecule has 0 unspecified atom stereocenters. The average molecular weight is 654 g/mol. The van der Waals surface area contributed by atoms with Gasteiger partial charge in [0.15, 0.2) is 0 Å². The van der Waals surface area contributed by atoms with E-state index in [0.717, 1.165) is 63.7 Å². The predicted octanol–water partition coefficient (Wildman–Crippen LogP) is 6.45. The van der Waals surface area contributed by atoms with Crippen molar-refractivity contribution in [2.45, 2.75) is 25.9 Å². The summed E-state index contributed by atoms with van der Waals surface area (Å²) in [6.45, 7) is 6.62. The first-order chi connectivity index (χ1) is 22.8. The zero-order valence-corrected chi connectivity index (χ0v) is 27.0. The summed E-state index contributed by atoms with van der Waals surface area (Å²) in [6.07, 6.45) is 6.38. The van der Waals surface area contributed by atoms with Gasteiger partial charge in [-0.25, -0.2) is 13.8 Å². The number of fused-ring (bicyclic) bond motifs is 3. The number of ether oxygens (including phenoxy) is 2. The first-order valence-corrected chi connectivity index (χ1v) is 16.3. The van der Waals surface area contributed by atoms with Crippen molar-refractivity contribution < 1.29 is 23.0 Å². The van der Waals surface area contributed by atoms with E-state index in [4.69, 9.17) is 24.4 Å². The Labute approximate surface area is 275 Å². The molecule has 240 valence electrons. The van der Waals surface area contributed by atoms with E-state index < -0.39 is 11.6 Å². The number of aromatic nitrogens is 3. The van der Waals surface area contributed by atoms with Gasteiger partial charge in [0.05, 0.1) is 23.6 Å². The monoisotopic (exact) mass is 653 g/mol. The highest BCUT2D eigenvalue weighted by Gasteiger charge is 2.28. The van der Waals surface area contributed by atoms with Gasteiger partial charge in [-0.05, 0) is 47.8 Å². The van der Waals surface area contributed by atoms with Gasteiger partial charge >= 0.3 is 0 Å². The maximum atomic E-state index is 16.1. The molecule has 0 saturated heterocycles. The Morgan fingerprint density at radius 3 is 2.45 bits per heavy atom. The fraction of sp³-hybridized carbons (Fsp3) is 0.278. The number of likely N-dealkylation sites (N-methyl/N-ethyl adjacent to an activating group) is 1. The number of thiophene rings is 1. The number of hydrogen-bond acceptors (Lipinski definition) is 8. The summed E-state index contributed by atoms with van der Waals surface area (Å²) >= 11 is 1.45. The minimum Gasteiger partial charge on any atom is -0.490 e. The second-order valence-electron chi connectivity index (χ2n) is 11.8. The lowest BCUT2D eigenvalue weighted by atomic mass is 9.93. The molecule has 0 spiro atoms. The molecule has 8 nitrogen and oxygen atoms in total. The van der Waals surface area contributed by atoms with Crippen molar-refractivity contribution in [1.82, 2.24) is 24.8 Å². The Morgan fingerprint density at radius 2 is 1.70 bits per heavy atom. The van der Waals surface area contributed by atoms with Crippen LogP contribution in [0.1, 0.15) is 22.5 Å². The zero-order chi connectivity index (χ0) is 32.7. The minimum atomic E-state index is -0.768. The summed E-state index contributed by atoms with van der Waals surface area (Å²) in [6, 6.07) is 8.13. The van der Waals surface area contributed by atoms with Gasteiger partial charge in [0.1, 0.15) is 24.0 Å². The summed E-state index contributed by atoms with van der Waals surface area (Å²) in [5.74, 6) is -1.62. The number of halogens is 2. The largest absolute Gasteiger partial charge is 0.490 e. The first-order valence-electron chi connectivity index (χ1n) is 15.4. The molecule has 2 aliphatic rings. The Kier molecular flexibility index (Phi) is 8.52. The summed E-state index contributed by atoms with van der Waals surface area (Å²) in [7, 11) is 3.63. The van der Waals surface area contributed by atoms with Gasteiger partial charge in [-0.3, -0.25) is 14.8 Å². The second-order valence-corrected chi connectivity index (χ2v) is 12.7. The van der Waals surface area contributed by atoms with Gasteiger partial charge in [0.25, 0.3) is 0 Å². The van der Waals surface area contributed by atoms with E-state index in [1.807, 2.05) is 23.7 Å². The summed E-state index contributed by atoms with van der Waals surface area (Å²) in [4.78, 5) is 31.3. The molecule has 7 rings (SSSR count). The maximum Gasteiger partial charge on any atom is 0.246 e. The van der Waals surface area contributed by atoms with Gasteiger partial charge < -0.3 is 19.3 Å². The molecule has 4 aromatic heterocycles. The molecule has 0 radical (unpaired) electrons. The van der Waals surface area contributed by atoms with E-state index in [1.165, 1.54) is 30.6 Å². The lowest BCUT2D eigenvalue weighted by Crippen LogP contribution is -2.35. The maximum absolute atomic E-state index is 16.1. The van der Waals surface area contributed by atoms with Crippen LogP contribution >= 0.6 is 11.3 Å².